The summed E-state index contributed by atoms with van der Waals surface area (Å²) in [6.07, 6.45) is 5.90. The lowest BCUT2D eigenvalue weighted by Crippen LogP contribution is -2.63. The number of hydrogen-bond acceptors (Lipinski definition) is 5. The minimum atomic E-state index is -0.714. The van der Waals surface area contributed by atoms with Crippen LogP contribution in [0.15, 0.2) is 53.3 Å². The average molecular weight is 538 g/mol. The van der Waals surface area contributed by atoms with Crippen molar-refractivity contribution in [3.63, 3.8) is 0 Å². The van der Waals surface area contributed by atoms with Crippen molar-refractivity contribution in [1.29, 1.82) is 0 Å². The van der Waals surface area contributed by atoms with Gasteiger partial charge in [0.15, 0.2) is 0 Å². The van der Waals surface area contributed by atoms with Gasteiger partial charge in [-0.15, -0.1) is 0 Å². The summed E-state index contributed by atoms with van der Waals surface area (Å²) in [7, 11) is 0. The van der Waals surface area contributed by atoms with E-state index in [2.05, 4.69) is 21.3 Å². The zero-order valence-corrected chi connectivity index (χ0v) is 22.5. The van der Waals surface area contributed by atoms with Gasteiger partial charge >= 0.3 is 0 Å². The van der Waals surface area contributed by atoms with Crippen LogP contribution in [0.2, 0.25) is 0 Å². The zero-order valence-electron chi connectivity index (χ0n) is 22.5. The quantitative estimate of drug-likeness (QED) is 0.409. The molecule has 1 saturated heterocycles. The molecule has 206 valence electrons. The number of piperidine rings is 1. The standard InChI is InChI=1S/C33H35N3O4/c37-22-8-7-20-13-28-26-12-21-11-24(32(40)35-30-23-4-2-1-3-19(23)14-29(30)38)31(39)34-27(21)16-33(26,25(20)15-22)9-10-36(28)17-18-5-6-18/h1-4,7-8,11,15,18,26,28-30,37-38H,5-6,9-10,12-14,16-17H2,(H,34,39)(H,35,40)/t26-,28+,29-,30?,33+/m0/s1. The van der Waals surface area contributed by atoms with Gasteiger partial charge in [-0.2, -0.15) is 0 Å². The average Bonchev–Trinajstić information content (AvgIpc) is 3.71. The molecule has 3 aromatic rings. The van der Waals surface area contributed by atoms with Crippen LogP contribution >= 0.6 is 0 Å². The molecule has 1 saturated carbocycles. The third-order valence-electron chi connectivity index (χ3n) is 10.6. The third-order valence-corrected chi connectivity index (χ3v) is 10.6. The number of likely N-dealkylation sites (tertiary alicyclic amines) is 1. The van der Waals surface area contributed by atoms with Gasteiger partial charge in [-0.3, -0.25) is 14.5 Å². The van der Waals surface area contributed by atoms with Gasteiger partial charge in [0.1, 0.15) is 11.3 Å². The molecule has 5 atom stereocenters. The summed E-state index contributed by atoms with van der Waals surface area (Å²) in [5.74, 6) is 1.02. The van der Waals surface area contributed by atoms with Gasteiger partial charge in [0.05, 0.1) is 12.1 Å². The summed E-state index contributed by atoms with van der Waals surface area (Å²) in [5.41, 5.74) is 6.03. The van der Waals surface area contributed by atoms with Gasteiger partial charge in [-0.25, -0.2) is 0 Å². The van der Waals surface area contributed by atoms with Gasteiger partial charge in [0.25, 0.3) is 11.5 Å². The van der Waals surface area contributed by atoms with E-state index in [1.165, 1.54) is 24.0 Å². The fourth-order valence-corrected chi connectivity index (χ4v) is 8.50. The topological polar surface area (TPSA) is 106 Å². The maximum absolute atomic E-state index is 13.4. The molecular formula is C33H35N3O4. The normalized spacial score (nSPS) is 30.1. The minimum absolute atomic E-state index is 0.111. The number of aliphatic hydroxyl groups excluding tert-OH is 1. The van der Waals surface area contributed by atoms with Crippen molar-refractivity contribution in [3.8, 4) is 5.75 Å². The molecule has 5 aliphatic rings. The van der Waals surface area contributed by atoms with E-state index in [-0.39, 0.29) is 16.5 Å². The molecule has 40 heavy (non-hydrogen) atoms. The van der Waals surface area contributed by atoms with E-state index in [9.17, 15) is 19.8 Å². The van der Waals surface area contributed by atoms with Crippen molar-refractivity contribution >= 4 is 5.91 Å². The fraction of sp³-hybridized carbons (Fsp3) is 0.455. The molecule has 4 aliphatic carbocycles. The maximum atomic E-state index is 13.4. The number of carbonyl (C=O) groups excluding carboxylic acids is 1. The molecule has 0 radical (unpaired) electrons. The van der Waals surface area contributed by atoms with Gasteiger partial charge in [0, 0.05) is 30.1 Å². The van der Waals surface area contributed by atoms with Crippen LogP contribution in [0.3, 0.4) is 0 Å². The first-order valence-electron chi connectivity index (χ1n) is 14.8. The number of H-pyrrole nitrogens is 1. The minimum Gasteiger partial charge on any atom is -0.508 e. The summed E-state index contributed by atoms with van der Waals surface area (Å²) in [5, 5.41) is 24.1. The van der Waals surface area contributed by atoms with E-state index in [0.29, 0.717) is 30.6 Å². The first-order valence-corrected chi connectivity index (χ1v) is 14.8. The number of fused-ring (bicyclic) bond motifs is 3. The largest absolute Gasteiger partial charge is 0.508 e. The second-order valence-corrected chi connectivity index (χ2v) is 12.9. The highest BCUT2D eigenvalue weighted by Gasteiger charge is 2.55. The number of phenolic OH excluding ortho intramolecular Hbond substituents is 1. The number of aromatic hydroxyl groups is 1. The number of pyridine rings is 1. The highest BCUT2D eigenvalue weighted by molar-refractivity contribution is 5.94. The molecule has 1 unspecified atom stereocenters. The number of aromatic amines is 1. The Morgan fingerprint density at radius 2 is 1.90 bits per heavy atom. The molecule has 7 heteroatoms. The Morgan fingerprint density at radius 3 is 2.75 bits per heavy atom. The van der Waals surface area contributed by atoms with Crippen LogP contribution < -0.4 is 10.9 Å². The summed E-state index contributed by atoms with van der Waals surface area (Å²) >= 11 is 0. The van der Waals surface area contributed by atoms with E-state index in [1.54, 1.807) is 6.07 Å². The van der Waals surface area contributed by atoms with E-state index < -0.39 is 18.1 Å². The van der Waals surface area contributed by atoms with Crippen molar-refractivity contribution in [2.45, 2.75) is 68.5 Å². The lowest BCUT2D eigenvalue weighted by Gasteiger charge is -2.59. The second kappa shape index (κ2) is 8.79. The number of nitrogens with one attached hydrogen (secondary N) is 2. The highest BCUT2D eigenvalue weighted by Crippen LogP contribution is 2.55. The van der Waals surface area contributed by atoms with Gasteiger partial charge < -0.3 is 20.5 Å². The number of carbonyl (C=O) groups is 1. The number of phenols is 1. The molecule has 8 rings (SSSR count). The molecule has 1 aliphatic heterocycles. The predicted octanol–water partition coefficient (Wildman–Crippen LogP) is 3.16. The number of aliphatic hydroxyl groups is 1. The van der Waals surface area contributed by atoms with Crippen LogP contribution in [0, 0.1) is 11.8 Å². The first-order chi connectivity index (χ1) is 19.4. The van der Waals surface area contributed by atoms with Crippen LogP contribution in [0.25, 0.3) is 0 Å². The highest BCUT2D eigenvalue weighted by atomic mass is 16.3. The van der Waals surface area contributed by atoms with Crippen molar-refractivity contribution in [3.05, 3.63) is 98.0 Å². The molecule has 2 heterocycles. The first kappa shape index (κ1) is 24.4. The maximum Gasteiger partial charge on any atom is 0.261 e. The number of nitrogens with zero attached hydrogens (tertiary/aromatic N) is 1. The van der Waals surface area contributed by atoms with Crippen molar-refractivity contribution in [1.82, 2.24) is 15.2 Å². The molecule has 2 fully saturated rings. The number of amides is 1. The van der Waals surface area contributed by atoms with Gasteiger partial charge in [-0.05, 0) is 103 Å². The summed E-state index contributed by atoms with van der Waals surface area (Å²) in [6, 6.07) is 15.3. The second-order valence-electron chi connectivity index (χ2n) is 12.9. The molecule has 7 nitrogen and oxygen atoms in total. The van der Waals surface area contributed by atoms with Gasteiger partial charge in [0.2, 0.25) is 0 Å². The van der Waals surface area contributed by atoms with E-state index in [0.717, 1.165) is 60.7 Å². The lowest BCUT2D eigenvalue weighted by atomic mass is 9.52. The zero-order chi connectivity index (χ0) is 27.2. The molecule has 2 aromatic carbocycles. The van der Waals surface area contributed by atoms with E-state index in [4.69, 9.17) is 0 Å². The Labute approximate surface area is 233 Å². The Balaban J connectivity index is 1.15. The van der Waals surface area contributed by atoms with Crippen molar-refractivity contribution in [2.75, 3.05) is 13.1 Å². The fourth-order valence-electron chi connectivity index (χ4n) is 8.50. The summed E-state index contributed by atoms with van der Waals surface area (Å²) < 4.78 is 0. The number of hydrogen-bond donors (Lipinski definition) is 4. The van der Waals surface area contributed by atoms with Crippen molar-refractivity contribution in [2.24, 2.45) is 11.8 Å². The SMILES string of the molecule is O=C(NC1c2ccccc2C[C@@H]1O)c1cc2c([nH]c1=O)C[C@]13CCN(CC4CC4)[C@H](Cc4ccc(O)cc41)[C@@H]3C2. The molecule has 4 N–H and O–H groups in total. The predicted molar refractivity (Wildman–Crippen MR) is 151 cm³/mol. The van der Waals surface area contributed by atoms with Crippen LogP contribution in [0.1, 0.15) is 69.2 Å². The molecule has 0 spiro atoms. The summed E-state index contributed by atoms with van der Waals surface area (Å²) in [6.45, 7) is 2.19. The molecular weight excluding hydrogens is 502 g/mol. The Morgan fingerprint density at radius 1 is 1.05 bits per heavy atom. The number of aromatic nitrogens is 1. The molecule has 2 bridgehead atoms. The molecule has 1 aromatic heterocycles. The Kier molecular flexibility index (Phi) is 5.36. The Hall–Kier alpha value is -3.42. The van der Waals surface area contributed by atoms with Crippen LogP contribution in [0.5, 0.6) is 5.75 Å². The summed E-state index contributed by atoms with van der Waals surface area (Å²) in [4.78, 5) is 32.6. The van der Waals surface area contributed by atoms with Crippen LogP contribution in [-0.2, 0) is 31.1 Å². The monoisotopic (exact) mass is 537 g/mol. The van der Waals surface area contributed by atoms with E-state index >= 15 is 0 Å². The van der Waals surface area contributed by atoms with Gasteiger partial charge in [-0.1, -0.05) is 30.3 Å². The van der Waals surface area contributed by atoms with E-state index in [1.807, 2.05) is 36.4 Å². The van der Waals surface area contributed by atoms with Crippen molar-refractivity contribution < 1.29 is 15.0 Å². The number of benzene rings is 2. The molecule has 1 amide bonds. The third kappa shape index (κ3) is 3.71. The Bertz CT molecular complexity index is 1590. The lowest BCUT2D eigenvalue weighted by molar-refractivity contribution is 0.00458. The number of rotatable bonds is 4. The smallest absolute Gasteiger partial charge is 0.261 e. The van der Waals surface area contributed by atoms with Crippen LogP contribution in [-0.4, -0.2) is 51.2 Å². The van der Waals surface area contributed by atoms with Crippen LogP contribution in [0.4, 0.5) is 0 Å².